The topological polar surface area (TPSA) is 68.0 Å². The molecule has 2 rings (SSSR count). The van der Waals surface area contributed by atoms with E-state index in [4.69, 9.17) is 0 Å². The van der Waals surface area contributed by atoms with E-state index in [1.807, 2.05) is 11.5 Å². The summed E-state index contributed by atoms with van der Waals surface area (Å²) in [6.45, 7) is 3.90. The summed E-state index contributed by atoms with van der Waals surface area (Å²) in [6.07, 6.45) is 6.64. The van der Waals surface area contributed by atoms with Crippen LogP contribution in [-0.4, -0.2) is 25.6 Å². The second-order valence-electron chi connectivity index (χ2n) is 4.11. The lowest BCUT2D eigenvalue weighted by Crippen LogP contribution is -2.09. The zero-order valence-electron chi connectivity index (χ0n) is 10.4. The molecule has 5 nitrogen and oxygen atoms in total. The summed E-state index contributed by atoms with van der Waals surface area (Å²) in [5.74, 6) is -0.112. The Labute approximate surface area is 105 Å². The van der Waals surface area contributed by atoms with Gasteiger partial charge < -0.3 is 9.67 Å². The Balaban J connectivity index is 2.58. The Hall–Kier alpha value is -2.17. The molecule has 0 saturated heterocycles. The number of aromatic carboxylic acids is 1. The van der Waals surface area contributed by atoms with E-state index in [0.717, 1.165) is 24.4 Å². The van der Waals surface area contributed by atoms with Crippen molar-refractivity contribution in [1.29, 1.82) is 0 Å². The van der Waals surface area contributed by atoms with Crippen LogP contribution in [0.3, 0.4) is 0 Å². The molecule has 0 aliphatic carbocycles. The van der Waals surface area contributed by atoms with Gasteiger partial charge in [0.05, 0.1) is 5.69 Å². The summed E-state index contributed by atoms with van der Waals surface area (Å²) in [4.78, 5) is 19.5. The van der Waals surface area contributed by atoms with Crippen LogP contribution in [-0.2, 0) is 6.42 Å². The third kappa shape index (κ3) is 2.25. The molecule has 0 saturated carbocycles. The summed E-state index contributed by atoms with van der Waals surface area (Å²) < 4.78 is 1.82. The van der Waals surface area contributed by atoms with Crippen LogP contribution in [0.4, 0.5) is 0 Å². The van der Waals surface area contributed by atoms with E-state index in [2.05, 4.69) is 16.9 Å². The predicted molar refractivity (Wildman–Crippen MR) is 67.1 cm³/mol. The molecule has 2 heterocycles. The van der Waals surface area contributed by atoms with Crippen LogP contribution in [0.1, 0.15) is 35.2 Å². The highest BCUT2D eigenvalue weighted by Gasteiger charge is 2.14. The van der Waals surface area contributed by atoms with Gasteiger partial charge in [-0.25, -0.2) is 9.78 Å². The first-order chi connectivity index (χ1) is 8.63. The maximum Gasteiger partial charge on any atom is 0.339 e. The molecule has 1 N–H and O–H groups in total. The van der Waals surface area contributed by atoms with E-state index >= 15 is 0 Å². The molecule has 0 unspecified atom stereocenters. The molecule has 0 fully saturated rings. The third-order valence-corrected chi connectivity index (χ3v) is 2.70. The Morgan fingerprint density at radius 3 is 2.89 bits per heavy atom. The van der Waals surface area contributed by atoms with E-state index < -0.39 is 5.97 Å². The Bertz CT molecular complexity index is 575. The molecular formula is C13H15N3O2. The van der Waals surface area contributed by atoms with E-state index in [1.165, 1.54) is 6.20 Å². The second-order valence-corrected chi connectivity index (χ2v) is 4.11. The van der Waals surface area contributed by atoms with Gasteiger partial charge in [-0.15, -0.1) is 0 Å². The van der Waals surface area contributed by atoms with Gasteiger partial charge >= 0.3 is 5.97 Å². The Morgan fingerprint density at radius 1 is 1.44 bits per heavy atom. The molecule has 0 aliphatic heterocycles. The quantitative estimate of drug-likeness (QED) is 0.896. The highest BCUT2D eigenvalue weighted by Crippen LogP contribution is 2.17. The minimum absolute atomic E-state index is 0.191. The number of imidazole rings is 1. The number of carbonyl (C=O) groups is 1. The maximum absolute atomic E-state index is 11.2. The van der Waals surface area contributed by atoms with E-state index in [0.29, 0.717) is 5.69 Å². The largest absolute Gasteiger partial charge is 0.478 e. The van der Waals surface area contributed by atoms with Gasteiger partial charge in [0.2, 0.25) is 0 Å². The molecule has 0 spiro atoms. The van der Waals surface area contributed by atoms with E-state index in [9.17, 15) is 9.90 Å². The summed E-state index contributed by atoms with van der Waals surface area (Å²) in [7, 11) is 0. The van der Waals surface area contributed by atoms with Gasteiger partial charge in [0.15, 0.2) is 0 Å². The van der Waals surface area contributed by atoms with Crippen molar-refractivity contribution in [3.8, 4) is 5.69 Å². The second kappa shape index (κ2) is 5.00. The van der Waals surface area contributed by atoms with Crippen LogP contribution in [0.5, 0.6) is 0 Å². The van der Waals surface area contributed by atoms with Crippen LogP contribution in [0.25, 0.3) is 5.69 Å². The van der Waals surface area contributed by atoms with Gasteiger partial charge in [0.1, 0.15) is 11.4 Å². The van der Waals surface area contributed by atoms with Crippen LogP contribution < -0.4 is 0 Å². The summed E-state index contributed by atoms with van der Waals surface area (Å²) >= 11 is 0. The highest BCUT2D eigenvalue weighted by molar-refractivity contribution is 5.91. The monoisotopic (exact) mass is 245 g/mol. The van der Waals surface area contributed by atoms with Crippen molar-refractivity contribution in [1.82, 2.24) is 14.5 Å². The molecule has 0 amide bonds. The average Bonchev–Trinajstić information content (AvgIpc) is 2.77. The normalized spacial score (nSPS) is 10.6. The SMILES string of the molecule is CCCc1nccn1-c1cc(C)ncc1C(=O)O. The molecule has 2 aromatic heterocycles. The molecular weight excluding hydrogens is 230 g/mol. The van der Waals surface area contributed by atoms with Crippen LogP contribution in [0.15, 0.2) is 24.7 Å². The molecule has 0 atom stereocenters. The third-order valence-electron chi connectivity index (χ3n) is 2.70. The van der Waals surface area contributed by atoms with Gasteiger partial charge in [-0.2, -0.15) is 0 Å². The number of aromatic nitrogens is 3. The lowest BCUT2D eigenvalue weighted by atomic mass is 10.2. The number of aryl methyl sites for hydroxylation is 2. The summed E-state index contributed by atoms with van der Waals surface area (Å²) in [5, 5.41) is 9.20. The lowest BCUT2D eigenvalue weighted by Gasteiger charge is -2.10. The van der Waals surface area contributed by atoms with Gasteiger partial charge in [-0.1, -0.05) is 6.92 Å². The fourth-order valence-electron chi connectivity index (χ4n) is 1.87. The first-order valence-corrected chi connectivity index (χ1v) is 5.86. The van der Waals surface area contributed by atoms with Crippen molar-refractivity contribution in [2.45, 2.75) is 26.7 Å². The first kappa shape index (κ1) is 12.3. The smallest absolute Gasteiger partial charge is 0.339 e. The summed E-state index contributed by atoms with van der Waals surface area (Å²) in [5.41, 5.74) is 1.60. The number of hydrogen-bond donors (Lipinski definition) is 1. The minimum Gasteiger partial charge on any atom is -0.478 e. The highest BCUT2D eigenvalue weighted by atomic mass is 16.4. The molecule has 18 heavy (non-hydrogen) atoms. The number of nitrogens with zero attached hydrogens (tertiary/aromatic N) is 3. The standard InChI is InChI=1S/C13H15N3O2/c1-3-4-12-14-5-6-16(12)11-7-9(2)15-8-10(11)13(17)18/h5-8H,3-4H2,1-2H3,(H,17,18). The fraction of sp³-hybridized carbons (Fsp3) is 0.308. The summed E-state index contributed by atoms with van der Waals surface area (Å²) in [6, 6.07) is 1.77. The molecule has 0 aliphatic rings. The minimum atomic E-state index is -0.978. The number of hydrogen-bond acceptors (Lipinski definition) is 3. The van der Waals surface area contributed by atoms with E-state index in [-0.39, 0.29) is 5.56 Å². The Morgan fingerprint density at radius 2 is 2.22 bits per heavy atom. The zero-order valence-corrected chi connectivity index (χ0v) is 10.4. The van der Waals surface area contributed by atoms with Crippen LogP contribution in [0.2, 0.25) is 0 Å². The number of pyridine rings is 1. The first-order valence-electron chi connectivity index (χ1n) is 5.86. The lowest BCUT2D eigenvalue weighted by molar-refractivity contribution is 0.0696. The maximum atomic E-state index is 11.2. The van der Waals surface area contributed by atoms with Crippen molar-refractivity contribution < 1.29 is 9.90 Å². The van der Waals surface area contributed by atoms with Gasteiger partial charge in [0, 0.05) is 30.7 Å². The van der Waals surface area contributed by atoms with Crippen molar-refractivity contribution in [2.75, 3.05) is 0 Å². The molecule has 2 aromatic rings. The Kier molecular flexibility index (Phi) is 3.41. The molecule has 94 valence electrons. The molecule has 0 bridgehead atoms. The van der Waals surface area contributed by atoms with Gasteiger partial charge in [-0.3, -0.25) is 4.98 Å². The van der Waals surface area contributed by atoms with Crippen LogP contribution in [0, 0.1) is 6.92 Å². The van der Waals surface area contributed by atoms with Crippen molar-refractivity contribution in [2.24, 2.45) is 0 Å². The van der Waals surface area contributed by atoms with Gasteiger partial charge in [0.25, 0.3) is 0 Å². The number of rotatable bonds is 4. The number of carboxylic acids is 1. The van der Waals surface area contributed by atoms with Crippen molar-refractivity contribution in [3.63, 3.8) is 0 Å². The van der Waals surface area contributed by atoms with Crippen molar-refractivity contribution >= 4 is 5.97 Å². The fourth-order valence-corrected chi connectivity index (χ4v) is 1.87. The number of carboxylic acid groups (broad SMARTS) is 1. The van der Waals surface area contributed by atoms with Crippen molar-refractivity contribution in [3.05, 3.63) is 41.7 Å². The predicted octanol–water partition coefficient (Wildman–Crippen LogP) is 2.23. The molecule has 0 radical (unpaired) electrons. The van der Waals surface area contributed by atoms with E-state index in [1.54, 1.807) is 18.5 Å². The molecule has 0 aromatic carbocycles. The average molecular weight is 245 g/mol. The van der Waals surface area contributed by atoms with Gasteiger partial charge in [-0.05, 0) is 19.4 Å². The van der Waals surface area contributed by atoms with Crippen LogP contribution >= 0.6 is 0 Å². The zero-order chi connectivity index (χ0) is 13.1. The molecule has 5 heteroatoms.